The van der Waals surface area contributed by atoms with Crippen LogP contribution in [-0.4, -0.2) is 37.8 Å². The van der Waals surface area contributed by atoms with E-state index in [0.29, 0.717) is 36.4 Å². The first-order valence-electron chi connectivity index (χ1n) is 10.9. The summed E-state index contributed by atoms with van der Waals surface area (Å²) in [5.74, 6) is 0.506. The number of nitrogens with zero attached hydrogens (tertiary/aromatic N) is 1. The van der Waals surface area contributed by atoms with E-state index in [1.54, 1.807) is 14.2 Å². The second-order valence-corrected chi connectivity index (χ2v) is 8.74. The highest BCUT2D eigenvalue weighted by Crippen LogP contribution is 2.35. The van der Waals surface area contributed by atoms with Crippen molar-refractivity contribution in [3.63, 3.8) is 0 Å². The number of ether oxygens (including phenoxy) is 3. The highest BCUT2D eigenvalue weighted by atomic mass is 79.9. The number of nitrogens with two attached hydrogens (primary N) is 1. The molecule has 0 unspecified atom stereocenters. The summed E-state index contributed by atoms with van der Waals surface area (Å²) < 4.78 is 18.6. The molecule has 0 aliphatic heterocycles. The fourth-order valence-electron chi connectivity index (χ4n) is 4.19. The Labute approximate surface area is 207 Å². The molecule has 0 aliphatic carbocycles. The van der Waals surface area contributed by atoms with Crippen LogP contribution in [0.1, 0.15) is 33.7 Å². The normalized spacial score (nSPS) is 10.7. The summed E-state index contributed by atoms with van der Waals surface area (Å²) >= 11 is 3.46. The highest BCUT2D eigenvalue weighted by Gasteiger charge is 2.25. The summed E-state index contributed by atoms with van der Waals surface area (Å²) in [6.45, 7) is 2.48. The number of aryl methyl sites for hydroxylation is 1. The zero-order valence-corrected chi connectivity index (χ0v) is 21.4. The van der Waals surface area contributed by atoms with E-state index in [0.717, 1.165) is 32.6 Å². The predicted molar refractivity (Wildman–Crippen MR) is 134 cm³/mol. The van der Waals surface area contributed by atoms with Gasteiger partial charge in [-0.15, -0.1) is 0 Å². The Balaban J connectivity index is 2.07. The Hall–Kier alpha value is -3.26. The Bertz CT molecular complexity index is 1180. The summed E-state index contributed by atoms with van der Waals surface area (Å²) in [6, 6.07) is 13.5. The maximum absolute atomic E-state index is 12.5. The smallest absolute Gasteiger partial charge is 0.305 e. The average Bonchev–Trinajstić information content (AvgIpc) is 3.12. The third-order valence-electron chi connectivity index (χ3n) is 5.88. The van der Waals surface area contributed by atoms with Gasteiger partial charge in [0.2, 0.25) is 0 Å². The van der Waals surface area contributed by atoms with Gasteiger partial charge in [0.1, 0.15) is 0 Å². The van der Waals surface area contributed by atoms with Gasteiger partial charge < -0.3 is 24.5 Å². The van der Waals surface area contributed by atoms with Crippen molar-refractivity contribution >= 4 is 27.8 Å². The van der Waals surface area contributed by atoms with Crippen LogP contribution in [0, 0.1) is 6.92 Å². The molecule has 3 rings (SSSR count). The van der Waals surface area contributed by atoms with Crippen LogP contribution in [0.25, 0.3) is 11.1 Å². The van der Waals surface area contributed by atoms with Crippen LogP contribution in [-0.2, 0) is 28.9 Å². The van der Waals surface area contributed by atoms with Gasteiger partial charge in [-0.1, -0.05) is 34.1 Å². The number of esters is 1. The molecule has 1 amide bonds. The summed E-state index contributed by atoms with van der Waals surface area (Å²) in [4.78, 5) is 24.5. The van der Waals surface area contributed by atoms with Crippen LogP contribution in [0.3, 0.4) is 0 Å². The number of primary amides is 1. The van der Waals surface area contributed by atoms with Crippen molar-refractivity contribution in [2.75, 3.05) is 21.3 Å². The molecule has 0 atom stereocenters. The zero-order valence-electron chi connectivity index (χ0n) is 19.8. The Morgan fingerprint density at radius 3 is 2.24 bits per heavy atom. The summed E-state index contributed by atoms with van der Waals surface area (Å²) in [5, 5.41) is 0. The minimum absolute atomic E-state index is 0.193. The fourth-order valence-corrected chi connectivity index (χ4v) is 4.45. The zero-order chi connectivity index (χ0) is 24.8. The Morgan fingerprint density at radius 2 is 1.65 bits per heavy atom. The minimum atomic E-state index is -0.500. The van der Waals surface area contributed by atoms with Gasteiger partial charge in [-0.3, -0.25) is 9.59 Å². The van der Waals surface area contributed by atoms with Gasteiger partial charge in [0.05, 0.1) is 33.3 Å². The molecule has 180 valence electrons. The third kappa shape index (κ3) is 5.44. The van der Waals surface area contributed by atoms with Crippen molar-refractivity contribution in [2.24, 2.45) is 5.73 Å². The number of methoxy groups -OCH3 is 3. The highest BCUT2D eigenvalue weighted by molar-refractivity contribution is 9.10. The van der Waals surface area contributed by atoms with Crippen LogP contribution in [0.5, 0.6) is 11.5 Å². The number of aromatic nitrogens is 1. The first-order chi connectivity index (χ1) is 16.3. The minimum Gasteiger partial charge on any atom is -0.493 e. The lowest BCUT2D eigenvalue weighted by Gasteiger charge is -2.14. The molecule has 2 N–H and O–H groups in total. The lowest BCUT2D eigenvalue weighted by atomic mass is 9.98. The second kappa shape index (κ2) is 11.2. The molecule has 0 saturated carbocycles. The third-order valence-corrected chi connectivity index (χ3v) is 6.40. The molecule has 1 heterocycles. The van der Waals surface area contributed by atoms with Gasteiger partial charge in [-0.05, 0) is 55.2 Å². The van der Waals surface area contributed by atoms with E-state index in [-0.39, 0.29) is 12.4 Å². The van der Waals surface area contributed by atoms with Crippen molar-refractivity contribution in [1.82, 2.24) is 4.57 Å². The molecule has 2 aromatic carbocycles. The number of rotatable bonds is 10. The molecule has 0 saturated heterocycles. The number of amides is 1. The van der Waals surface area contributed by atoms with Crippen LogP contribution >= 0.6 is 15.9 Å². The molecule has 3 aromatic rings. The standard InChI is InChI=1S/C26H29BrN2O5/c1-16-24(26(28)31)25(18-6-8-19(27)9-7-18)20(10-12-23(30)34-4)29(16)14-13-17-5-11-21(32-2)22(15-17)33-3/h5-9,11,15H,10,12-14H2,1-4H3,(H2,28,31). The van der Waals surface area contributed by atoms with Crippen LogP contribution in [0.15, 0.2) is 46.9 Å². The van der Waals surface area contributed by atoms with Crippen LogP contribution in [0.4, 0.5) is 0 Å². The fraction of sp³-hybridized carbons (Fsp3) is 0.308. The molecule has 34 heavy (non-hydrogen) atoms. The Kier molecular flexibility index (Phi) is 8.39. The summed E-state index contributed by atoms with van der Waals surface area (Å²) in [5.41, 5.74) is 10.6. The van der Waals surface area contributed by atoms with Gasteiger partial charge in [0.15, 0.2) is 11.5 Å². The quantitative estimate of drug-likeness (QED) is 0.385. The molecule has 0 radical (unpaired) electrons. The van der Waals surface area contributed by atoms with Gasteiger partial charge in [0.25, 0.3) is 5.91 Å². The Morgan fingerprint density at radius 1 is 0.971 bits per heavy atom. The molecule has 7 nitrogen and oxygen atoms in total. The van der Waals surface area contributed by atoms with Crippen molar-refractivity contribution in [3.8, 4) is 22.6 Å². The molecule has 0 fully saturated rings. The number of halogens is 1. The average molecular weight is 529 g/mol. The van der Waals surface area contributed by atoms with E-state index in [1.165, 1.54) is 7.11 Å². The number of benzene rings is 2. The lowest BCUT2D eigenvalue weighted by Crippen LogP contribution is -2.14. The topological polar surface area (TPSA) is 92.8 Å². The van der Waals surface area contributed by atoms with Crippen molar-refractivity contribution in [2.45, 2.75) is 32.7 Å². The molecule has 1 aromatic heterocycles. The van der Waals surface area contributed by atoms with Crippen molar-refractivity contribution < 1.29 is 23.8 Å². The number of hydrogen-bond acceptors (Lipinski definition) is 5. The molecular weight excluding hydrogens is 500 g/mol. The van der Waals surface area contributed by atoms with E-state index in [2.05, 4.69) is 20.5 Å². The number of carbonyl (C=O) groups excluding carboxylic acids is 2. The lowest BCUT2D eigenvalue weighted by molar-refractivity contribution is -0.140. The summed E-state index contributed by atoms with van der Waals surface area (Å²) in [6.07, 6.45) is 1.29. The monoisotopic (exact) mass is 528 g/mol. The number of hydrogen-bond donors (Lipinski definition) is 1. The van der Waals surface area contributed by atoms with E-state index in [4.69, 9.17) is 19.9 Å². The SMILES string of the molecule is COC(=O)CCc1c(-c2ccc(Br)cc2)c(C(N)=O)c(C)n1CCc1ccc(OC)c(OC)c1. The maximum atomic E-state index is 12.5. The molecular formula is C26H29BrN2O5. The molecule has 0 aliphatic rings. The van der Waals surface area contributed by atoms with E-state index >= 15 is 0 Å². The van der Waals surface area contributed by atoms with Crippen molar-refractivity contribution in [3.05, 3.63) is 69.5 Å². The molecule has 0 bridgehead atoms. The van der Waals surface area contributed by atoms with Crippen LogP contribution < -0.4 is 15.2 Å². The van der Waals surface area contributed by atoms with Gasteiger partial charge in [-0.25, -0.2) is 0 Å². The number of carbonyl (C=O) groups is 2. The second-order valence-electron chi connectivity index (χ2n) is 7.82. The van der Waals surface area contributed by atoms with E-state index in [9.17, 15) is 9.59 Å². The summed E-state index contributed by atoms with van der Waals surface area (Å²) in [7, 11) is 4.57. The predicted octanol–water partition coefficient (Wildman–Crippen LogP) is 4.69. The van der Waals surface area contributed by atoms with Crippen molar-refractivity contribution in [1.29, 1.82) is 0 Å². The van der Waals surface area contributed by atoms with E-state index < -0.39 is 5.91 Å². The first kappa shape index (κ1) is 25.4. The van der Waals surface area contributed by atoms with Gasteiger partial charge in [-0.2, -0.15) is 0 Å². The largest absolute Gasteiger partial charge is 0.493 e. The molecule has 8 heteroatoms. The maximum Gasteiger partial charge on any atom is 0.305 e. The van der Waals surface area contributed by atoms with E-state index in [1.807, 2.05) is 49.4 Å². The van der Waals surface area contributed by atoms with Gasteiger partial charge in [0, 0.05) is 28.0 Å². The first-order valence-corrected chi connectivity index (χ1v) is 11.6. The van der Waals surface area contributed by atoms with Gasteiger partial charge >= 0.3 is 5.97 Å². The van der Waals surface area contributed by atoms with Crippen LogP contribution in [0.2, 0.25) is 0 Å². The molecule has 0 spiro atoms.